The smallest absolute Gasteiger partial charge is 0.136 e. The Morgan fingerprint density at radius 3 is 2.64 bits per heavy atom. The van der Waals surface area contributed by atoms with Crippen molar-refractivity contribution in [1.82, 2.24) is 0 Å². The van der Waals surface area contributed by atoms with Crippen molar-refractivity contribution >= 4 is 5.78 Å². The largest absolute Gasteiger partial charge is 0.299 e. The topological polar surface area (TPSA) is 17.1 Å². The van der Waals surface area contributed by atoms with E-state index in [9.17, 15) is 4.79 Å². The molecule has 0 radical (unpaired) electrons. The summed E-state index contributed by atoms with van der Waals surface area (Å²) >= 11 is 0. The maximum absolute atomic E-state index is 11.3. The Bertz CT molecular complexity index is 181. The zero-order chi connectivity index (χ0) is 8.43. The third-order valence-corrected chi connectivity index (χ3v) is 2.64. The summed E-state index contributed by atoms with van der Waals surface area (Å²) in [5, 5.41) is 0. The highest BCUT2D eigenvalue weighted by Gasteiger charge is 2.25. The van der Waals surface area contributed by atoms with Gasteiger partial charge in [-0.15, -0.1) is 0 Å². The van der Waals surface area contributed by atoms with E-state index in [1.165, 1.54) is 5.57 Å². The molecule has 11 heavy (non-hydrogen) atoms. The second kappa shape index (κ2) is 3.21. The Kier molecular flexibility index (Phi) is 2.48. The maximum atomic E-state index is 11.3. The molecule has 0 aromatic carbocycles. The van der Waals surface area contributed by atoms with Gasteiger partial charge in [-0.05, 0) is 25.7 Å². The second-order valence-corrected chi connectivity index (χ2v) is 3.69. The summed E-state index contributed by atoms with van der Waals surface area (Å²) in [5.41, 5.74) is 1.17. The fraction of sp³-hybridized carbons (Fsp3) is 0.700. The first kappa shape index (κ1) is 8.51. The first-order valence-electron chi connectivity index (χ1n) is 4.29. The van der Waals surface area contributed by atoms with Crippen LogP contribution in [0.5, 0.6) is 0 Å². The van der Waals surface area contributed by atoms with Gasteiger partial charge in [0, 0.05) is 12.3 Å². The van der Waals surface area contributed by atoms with E-state index in [1.54, 1.807) is 0 Å². The molecule has 0 bridgehead atoms. The first-order chi connectivity index (χ1) is 5.11. The van der Waals surface area contributed by atoms with Gasteiger partial charge in [0.1, 0.15) is 5.78 Å². The van der Waals surface area contributed by atoms with Crippen LogP contribution in [0.25, 0.3) is 0 Å². The second-order valence-electron chi connectivity index (χ2n) is 3.69. The third kappa shape index (κ3) is 1.92. The monoisotopic (exact) mass is 152 g/mol. The molecule has 0 aromatic rings. The predicted molar refractivity (Wildman–Crippen MR) is 46.3 cm³/mol. The standard InChI is InChI=1S/C10H16O/c1-7(2)9-5-4-8(3)10(11)6-9/h8-9H,1,4-6H2,2-3H3/t8?,9-/m0/s1. The van der Waals surface area contributed by atoms with Gasteiger partial charge in [0.25, 0.3) is 0 Å². The Morgan fingerprint density at radius 2 is 2.18 bits per heavy atom. The molecule has 1 fully saturated rings. The Morgan fingerprint density at radius 1 is 1.55 bits per heavy atom. The molecule has 0 aliphatic heterocycles. The number of hydrogen-bond donors (Lipinski definition) is 0. The summed E-state index contributed by atoms with van der Waals surface area (Å²) in [5.74, 6) is 1.19. The van der Waals surface area contributed by atoms with E-state index in [1.807, 2.05) is 13.8 Å². The minimum atomic E-state index is 0.297. The van der Waals surface area contributed by atoms with Crippen LogP contribution in [0.3, 0.4) is 0 Å². The Hall–Kier alpha value is -0.590. The normalized spacial score (nSPS) is 32.0. The lowest BCUT2D eigenvalue weighted by atomic mass is 9.79. The molecular weight excluding hydrogens is 136 g/mol. The van der Waals surface area contributed by atoms with E-state index in [0.717, 1.165) is 19.3 Å². The Labute approximate surface area is 68.5 Å². The van der Waals surface area contributed by atoms with E-state index in [4.69, 9.17) is 0 Å². The average molecular weight is 152 g/mol. The average Bonchev–Trinajstić information content (AvgIpc) is 1.94. The van der Waals surface area contributed by atoms with Gasteiger partial charge in [-0.3, -0.25) is 4.79 Å². The zero-order valence-corrected chi connectivity index (χ0v) is 7.39. The van der Waals surface area contributed by atoms with E-state index in [2.05, 4.69) is 6.58 Å². The van der Waals surface area contributed by atoms with Crippen LogP contribution >= 0.6 is 0 Å². The van der Waals surface area contributed by atoms with E-state index >= 15 is 0 Å². The fourth-order valence-corrected chi connectivity index (χ4v) is 1.58. The molecule has 1 heteroatoms. The molecule has 1 rings (SSSR count). The molecule has 62 valence electrons. The molecule has 1 aliphatic rings. The van der Waals surface area contributed by atoms with Crippen LogP contribution in [0.1, 0.15) is 33.1 Å². The summed E-state index contributed by atoms with van der Waals surface area (Å²) in [6.07, 6.45) is 2.94. The number of hydrogen-bond acceptors (Lipinski definition) is 1. The number of Topliss-reactive ketones (excluding diaryl/α,β-unsaturated/α-hetero) is 1. The van der Waals surface area contributed by atoms with Crippen LogP contribution < -0.4 is 0 Å². The molecule has 0 heterocycles. The molecule has 0 N–H and O–H groups in total. The molecule has 1 unspecified atom stereocenters. The van der Waals surface area contributed by atoms with Crippen molar-refractivity contribution in [3.63, 3.8) is 0 Å². The summed E-state index contributed by atoms with van der Waals surface area (Å²) in [6.45, 7) is 7.93. The number of allylic oxidation sites excluding steroid dienone is 1. The third-order valence-electron chi connectivity index (χ3n) is 2.64. The summed E-state index contributed by atoms with van der Waals surface area (Å²) in [4.78, 5) is 11.3. The summed E-state index contributed by atoms with van der Waals surface area (Å²) in [6, 6.07) is 0. The Balaban J connectivity index is 2.53. The van der Waals surface area contributed by atoms with Gasteiger partial charge >= 0.3 is 0 Å². The molecule has 0 saturated heterocycles. The molecule has 2 atom stereocenters. The van der Waals surface area contributed by atoms with Crippen LogP contribution in [-0.2, 0) is 4.79 Å². The van der Waals surface area contributed by atoms with Crippen LogP contribution in [0, 0.1) is 11.8 Å². The highest BCUT2D eigenvalue weighted by atomic mass is 16.1. The molecule has 0 aromatic heterocycles. The zero-order valence-electron chi connectivity index (χ0n) is 7.39. The van der Waals surface area contributed by atoms with Gasteiger partial charge in [-0.1, -0.05) is 19.1 Å². The van der Waals surface area contributed by atoms with Crippen molar-refractivity contribution in [2.45, 2.75) is 33.1 Å². The minimum Gasteiger partial charge on any atom is -0.299 e. The van der Waals surface area contributed by atoms with Crippen LogP contribution in [0.15, 0.2) is 12.2 Å². The van der Waals surface area contributed by atoms with Crippen LogP contribution in [0.2, 0.25) is 0 Å². The number of rotatable bonds is 1. The fourth-order valence-electron chi connectivity index (χ4n) is 1.58. The van der Waals surface area contributed by atoms with Gasteiger partial charge in [0.15, 0.2) is 0 Å². The lowest BCUT2D eigenvalue weighted by molar-refractivity contribution is -0.124. The number of carbonyl (C=O) groups excluding carboxylic acids is 1. The van der Waals surface area contributed by atoms with Gasteiger partial charge in [0.2, 0.25) is 0 Å². The van der Waals surface area contributed by atoms with E-state index in [-0.39, 0.29) is 0 Å². The lowest BCUT2D eigenvalue weighted by Gasteiger charge is -2.25. The maximum Gasteiger partial charge on any atom is 0.136 e. The van der Waals surface area contributed by atoms with Crippen molar-refractivity contribution in [2.24, 2.45) is 11.8 Å². The summed E-state index contributed by atoms with van der Waals surface area (Å²) in [7, 11) is 0. The molecule has 1 saturated carbocycles. The minimum absolute atomic E-state index is 0.297. The molecule has 1 aliphatic carbocycles. The van der Waals surface area contributed by atoms with Crippen LogP contribution in [-0.4, -0.2) is 5.78 Å². The SMILES string of the molecule is C=C(C)[C@H]1CCC(C)C(=O)C1. The van der Waals surface area contributed by atoms with E-state index in [0.29, 0.717) is 17.6 Å². The number of ketones is 1. The molecular formula is C10H16O. The van der Waals surface area contributed by atoms with Gasteiger partial charge < -0.3 is 0 Å². The summed E-state index contributed by atoms with van der Waals surface area (Å²) < 4.78 is 0. The van der Waals surface area contributed by atoms with Crippen molar-refractivity contribution in [3.05, 3.63) is 12.2 Å². The molecule has 0 amide bonds. The highest BCUT2D eigenvalue weighted by Crippen LogP contribution is 2.29. The predicted octanol–water partition coefficient (Wildman–Crippen LogP) is 2.57. The van der Waals surface area contributed by atoms with Gasteiger partial charge in [-0.25, -0.2) is 0 Å². The molecule has 1 nitrogen and oxygen atoms in total. The van der Waals surface area contributed by atoms with Crippen molar-refractivity contribution in [3.8, 4) is 0 Å². The van der Waals surface area contributed by atoms with Crippen molar-refractivity contribution in [2.75, 3.05) is 0 Å². The quantitative estimate of drug-likeness (QED) is 0.528. The highest BCUT2D eigenvalue weighted by molar-refractivity contribution is 5.81. The van der Waals surface area contributed by atoms with E-state index < -0.39 is 0 Å². The van der Waals surface area contributed by atoms with Crippen molar-refractivity contribution < 1.29 is 4.79 Å². The van der Waals surface area contributed by atoms with Gasteiger partial charge in [-0.2, -0.15) is 0 Å². The number of carbonyl (C=O) groups is 1. The van der Waals surface area contributed by atoms with Gasteiger partial charge in [0.05, 0.1) is 0 Å². The van der Waals surface area contributed by atoms with Crippen molar-refractivity contribution in [1.29, 1.82) is 0 Å². The molecule has 0 spiro atoms. The van der Waals surface area contributed by atoms with Crippen LogP contribution in [0.4, 0.5) is 0 Å². The lowest BCUT2D eigenvalue weighted by Crippen LogP contribution is -2.22. The first-order valence-corrected chi connectivity index (χ1v) is 4.29.